The summed E-state index contributed by atoms with van der Waals surface area (Å²) < 4.78 is 42.1. The van der Waals surface area contributed by atoms with Gasteiger partial charge in [-0.05, 0) is 65.6 Å². The maximum absolute atomic E-state index is 13.9. The average Bonchev–Trinajstić information content (AvgIpc) is 2.72. The van der Waals surface area contributed by atoms with Crippen molar-refractivity contribution in [3.05, 3.63) is 78.1 Å². The second-order valence-corrected chi connectivity index (χ2v) is 8.63. The van der Waals surface area contributed by atoms with Gasteiger partial charge in [-0.3, -0.25) is 14.9 Å². The fraction of sp³-hybridized carbons (Fsp3) is 0.0909. The Morgan fingerprint density at radius 2 is 1.75 bits per heavy atom. The lowest BCUT2D eigenvalue weighted by atomic mass is 9.96. The minimum Gasteiger partial charge on any atom is -0.481 e. The number of aliphatic carboxylic acids is 1. The van der Waals surface area contributed by atoms with E-state index in [9.17, 15) is 17.6 Å². The van der Waals surface area contributed by atoms with E-state index in [1.165, 1.54) is 36.4 Å². The fourth-order valence-corrected chi connectivity index (χ4v) is 4.23. The Hall–Kier alpha value is -3.92. The molecule has 0 fully saturated rings. The van der Waals surface area contributed by atoms with Gasteiger partial charge in [-0.25, -0.2) is 12.8 Å². The molecule has 0 radical (unpaired) electrons. The van der Waals surface area contributed by atoms with E-state index >= 15 is 0 Å². The third kappa shape index (κ3) is 5.82. The van der Waals surface area contributed by atoms with Crippen LogP contribution in [0.1, 0.15) is 12.0 Å². The van der Waals surface area contributed by atoms with Crippen molar-refractivity contribution >= 4 is 33.3 Å². The Morgan fingerprint density at radius 1 is 1.03 bits per heavy atom. The molecule has 0 saturated heterocycles. The summed E-state index contributed by atoms with van der Waals surface area (Å²) in [7, 11) is -3.96. The second kappa shape index (κ2) is 9.48. The van der Waals surface area contributed by atoms with Gasteiger partial charge in [0.05, 0.1) is 4.90 Å². The topological polar surface area (TPSA) is 145 Å². The van der Waals surface area contributed by atoms with Gasteiger partial charge in [0.15, 0.2) is 5.96 Å². The number of carboxylic acid groups (broad SMARTS) is 1. The van der Waals surface area contributed by atoms with E-state index in [0.29, 0.717) is 22.4 Å². The van der Waals surface area contributed by atoms with Crippen LogP contribution in [0.5, 0.6) is 0 Å². The van der Waals surface area contributed by atoms with Gasteiger partial charge in [-0.15, -0.1) is 0 Å². The summed E-state index contributed by atoms with van der Waals surface area (Å²) >= 11 is 0. The summed E-state index contributed by atoms with van der Waals surface area (Å²) in [6, 6.07) is 16.3. The molecule has 0 spiro atoms. The van der Waals surface area contributed by atoms with Crippen LogP contribution >= 0.6 is 0 Å². The fourth-order valence-electron chi connectivity index (χ4n) is 3.14. The van der Waals surface area contributed by atoms with Crippen LogP contribution in [0.15, 0.2) is 71.6 Å². The number of nitrogens with two attached hydrogens (primary N) is 1. The molecule has 6 N–H and O–H groups in total. The number of aryl methyl sites for hydroxylation is 1. The summed E-state index contributed by atoms with van der Waals surface area (Å²) in [5, 5.41) is 18.8. The number of benzene rings is 3. The summed E-state index contributed by atoms with van der Waals surface area (Å²) in [4.78, 5) is 10.9. The zero-order valence-corrected chi connectivity index (χ0v) is 17.6. The first-order chi connectivity index (χ1) is 15.1. The Balaban J connectivity index is 1.91. The predicted octanol–water partition coefficient (Wildman–Crippen LogP) is 3.62. The molecule has 0 saturated carbocycles. The van der Waals surface area contributed by atoms with Crippen molar-refractivity contribution in [1.82, 2.24) is 0 Å². The molecular formula is C22H21FN4O4S. The smallest absolute Gasteiger partial charge is 0.303 e. The molecule has 0 aliphatic rings. The van der Waals surface area contributed by atoms with E-state index in [1.807, 2.05) is 0 Å². The highest BCUT2D eigenvalue weighted by Gasteiger charge is 2.16. The van der Waals surface area contributed by atoms with Crippen LogP contribution < -0.4 is 15.8 Å². The van der Waals surface area contributed by atoms with Gasteiger partial charge in [0.25, 0.3) is 10.0 Å². The van der Waals surface area contributed by atoms with Crippen molar-refractivity contribution in [2.75, 3.05) is 10.0 Å². The van der Waals surface area contributed by atoms with Gasteiger partial charge >= 0.3 is 5.97 Å². The van der Waals surface area contributed by atoms with Crippen molar-refractivity contribution < 1.29 is 22.7 Å². The molecule has 0 bridgehead atoms. The van der Waals surface area contributed by atoms with Crippen molar-refractivity contribution in [2.45, 2.75) is 17.7 Å². The number of sulfonamides is 1. The van der Waals surface area contributed by atoms with Gasteiger partial charge < -0.3 is 16.2 Å². The summed E-state index contributed by atoms with van der Waals surface area (Å²) in [6.45, 7) is 0. The number of hydrogen-bond acceptors (Lipinski definition) is 4. The first-order valence-corrected chi connectivity index (χ1v) is 11.0. The van der Waals surface area contributed by atoms with Gasteiger partial charge in [0, 0.05) is 17.8 Å². The lowest BCUT2D eigenvalue weighted by molar-refractivity contribution is -0.136. The first kappa shape index (κ1) is 22.8. The van der Waals surface area contributed by atoms with Crippen LogP contribution in [0.2, 0.25) is 0 Å². The Kier molecular flexibility index (Phi) is 6.74. The predicted molar refractivity (Wildman–Crippen MR) is 121 cm³/mol. The number of nitrogens with one attached hydrogen (secondary N) is 3. The summed E-state index contributed by atoms with van der Waals surface area (Å²) in [5.41, 5.74) is 7.54. The Labute approximate surface area is 184 Å². The van der Waals surface area contributed by atoms with Crippen LogP contribution in [-0.4, -0.2) is 25.5 Å². The number of rotatable bonds is 8. The third-order valence-electron chi connectivity index (χ3n) is 4.53. The van der Waals surface area contributed by atoms with Crippen LogP contribution in [0.3, 0.4) is 0 Å². The van der Waals surface area contributed by atoms with Crippen molar-refractivity contribution in [3.63, 3.8) is 0 Å². The van der Waals surface area contributed by atoms with E-state index in [-0.39, 0.29) is 29.4 Å². The Morgan fingerprint density at radius 3 is 2.47 bits per heavy atom. The number of hydrogen-bond donors (Lipinski definition) is 5. The summed E-state index contributed by atoms with van der Waals surface area (Å²) in [5.74, 6) is -1.78. The van der Waals surface area contributed by atoms with E-state index < -0.39 is 21.8 Å². The molecule has 32 heavy (non-hydrogen) atoms. The minimum atomic E-state index is -3.96. The minimum absolute atomic E-state index is 0.0398. The normalized spacial score (nSPS) is 11.0. The molecule has 3 aromatic rings. The number of anilines is 2. The van der Waals surface area contributed by atoms with Crippen LogP contribution in [0.25, 0.3) is 11.1 Å². The molecule has 3 aromatic carbocycles. The van der Waals surface area contributed by atoms with Crippen molar-refractivity contribution in [3.8, 4) is 11.1 Å². The third-order valence-corrected chi connectivity index (χ3v) is 5.91. The largest absolute Gasteiger partial charge is 0.481 e. The molecule has 0 aliphatic carbocycles. The standard InChI is InChI=1S/C22H21FN4O4S/c23-16-9-7-14(8-10-21(28)29)20(12-16)15-3-1-5-18(11-15)27-32(30,31)19-6-2-4-17(13-19)26-22(24)25/h1-7,9,11-13,27H,8,10H2,(H,28,29)(H4,24,25,26). The number of carboxylic acids is 1. The molecule has 166 valence electrons. The van der Waals surface area contributed by atoms with Crippen LogP contribution in [0, 0.1) is 11.2 Å². The molecular weight excluding hydrogens is 435 g/mol. The average molecular weight is 456 g/mol. The number of carbonyl (C=O) groups is 1. The maximum atomic E-state index is 13.9. The molecule has 10 heteroatoms. The quantitative estimate of drug-likeness (QED) is 0.259. The zero-order chi connectivity index (χ0) is 23.3. The van der Waals surface area contributed by atoms with Crippen molar-refractivity contribution in [2.24, 2.45) is 5.73 Å². The Bertz CT molecular complexity index is 1280. The van der Waals surface area contributed by atoms with Crippen molar-refractivity contribution in [1.29, 1.82) is 5.41 Å². The van der Waals surface area contributed by atoms with E-state index in [2.05, 4.69) is 10.0 Å². The number of halogens is 1. The van der Waals surface area contributed by atoms with Gasteiger partial charge in [-0.1, -0.05) is 24.3 Å². The van der Waals surface area contributed by atoms with E-state index in [1.54, 1.807) is 30.3 Å². The number of guanidine groups is 1. The molecule has 0 atom stereocenters. The highest BCUT2D eigenvalue weighted by atomic mass is 32.2. The maximum Gasteiger partial charge on any atom is 0.303 e. The van der Waals surface area contributed by atoms with E-state index in [0.717, 1.165) is 0 Å². The van der Waals surface area contributed by atoms with E-state index in [4.69, 9.17) is 16.2 Å². The molecule has 0 unspecified atom stereocenters. The lowest BCUT2D eigenvalue weighted by Crippen LogP contribution is -2.20. The second-order valence-electron chi connectivity index (χ2n) is 6.95. The van der Waals surface area contributed by atoms with Gasteiger partial charge in [0.2, 0.25) is 0 Å². The monoisotopic (exact) mass is 456 g/mol. The van der Waals surface area contributed by atoms with Crippen LogP contribution in [0.4, 0.5) is 15.8 Å². The molecule has 0 aliphatic heterocycles. The highest BCUT2D eigenvalue weighted by Crippen LogP contribution is 2.29. The molecule has 3 rings (SSSR count). The molecule has 8 nitrogen and oxygen atoms in total. The van der Waals surface area contributed by atoms with Crippen LogP contribution in [-0.2, 0) is 21.2 Å². The SMILES string of the molecule is N=C(N)Nc1cccc(S(=O)(=O)Nc2cccc(-c3cc(F)ccc3CCC(=O)O)c2)c1. The van der Waals surface area contributed by atoms with Gasteiger partial charge in [-0.2, -0.15) is 0 Å². The molecule has 0 amide bonds. The molecule has 0 aromatic heterocycles. The zero-order valence-electron chi connectivity index (χ0n) is 16.8. The lowest BCUT2D eigenvalue weighted by Gasteiger charge is -2.13. The first-order valence-electron chi connectivity index (χ1n) is 9.48. The van der Waals surface area contributed by atoms with Gasteiger partial charge in [0.1, 0.15) is 5.82 Å². The summed E-state index contributed by atoms with van der Waals surface area (Å²) in [6.07, 6.45) is 0.0897. The molecule has 0 heterocycles. The highest BCUT2D eigenvalue weighted by molar-refractivity contribution is 7.92.